The van der Waals surface area contributed by atoms with Crippen molar-refractivity contribution in [3.05, 3.63) is 71.1 Å². The van der Waals surface area contributed by atoms with Crippen molar-refractivity contribution < 1.29 is 19.3 Å². The Morgan fingerprint density at radius 1 is 1.06 bits per heavy atom. The first-order valence-corrected chi connectivity index (χ1v) is 11.3. The molecule has 0 atom stereocenters. The number of pyridine rings is 1. The molecule has 7 nitrogen and oxygen atoms in total. The highest BCUT2D eigenvalue weighted by atomic mass is 35.5. The van der Waals surface area contributed by atoms with E-state index < -0.39 is 17.7 Å². The molecule has 3 aromatic rings. The zero-order chi connectivity index (χ0) is 23.7. The Labute approximate surface area is 197 Å². The third-order valence-corrected chi connectivity index (χ3v) is 5.64. The summed E-state index contributed by atoms with van der Waals surface area (Å²) < 4.78 is 2.88. The molecule has 2 aromatic heterocycles. The fourth-order valence-corrected chi connectivity index (χ4v) is 4.10. The Kier molecular flexibility index (Phi) is 6.33. The van der Waals surface area contributed by atoms with Crippen molar-refractivity contribution in [2.75, 3.05) is 6.54 Å². The number of aryl methyl sites for hydroxylation is 1. The number of halogens is 1. The van der Waals surface area contributed by atoms with Crippen molar-refractivity contribution in [3.63, 3.8) is 0 Å². The summed E-state index contributed by atoms with van der Waals surface area (Å²) in [6.07, 6.45) is 4.62. The van der Waals surface area contributed by atoms with E-state index in [1.54, 1.807) is 53.4 Å². The van der Waals surface area contributed by atoms with Gasteiger partial charge in [-0.2, -0.15) is 9.67 Å². The number of carbonyl (C=O) groups is 2. The van der Waals surface area contributed by atoms with Crippen molar-refractivity contribution >= 4 is 34.7 Å². The van der Waals surface area contributed by atoms with Crippen LogP contribution in [0.4, 0.5) is 0 Å². The molecule has 8 heteroatoms. The molecule has 0 radical (unpaired) electrons. The van der Waals surface area contributed by atoms with E-state index in [1.165, 1.54) is 9.58 Å². The predicted octanol–water partition coefficient (Wildman–Crippen LogP) is 3.23. The summed E-state index contributed by atoms with van der Waals surface area (Å²) in [5.41, 5.74) is 1.49. The number of rotatable bonds is 7. The van der Waals surface area contributed by atoms with Crippen LogP contribution in [-0.2, 0) is 16.0 Å². The molecule has 170 valence electrons. The Balaban J connectivity index is 1.97. The average molecular weight is 465 g/mol. The Hall–Kier alpha value is -3.45. The molecule has 0 N–H and O–H groups in total. The largest absolute Gasteiger partial charge is 0.858 e. The smallest absolute Gasteiger partial charge is 0.326 e. The number of amides is 2. The fourth-order valence-electron chi connectivity index (χ4n) is 3.97. The number of nitrogens with zero attached hydrogens (tertiary/aromatic N) is 4. The lowest BCUT2D eigenvalue weighted by Crippen LogP contribution is -2.40. The molecule has 1 aliphatic rings. The van der Waals surface area contributed by atoms with Gasteiger partial charge >= 0.3 is 5.91 Å². The molecule has 0 spiro atoms. The molecular formula is C25H25ClN4O3. The lowest BCUT2D eigenvalue weighted by Gasteiger charge is -2.17. The summed E-state index contributed by atoms with van der Waals surface area (Å²) in [4.78, 5) is 28.2. The van der Waals surface area contributed by atoms with Gasteiger partial charge in [0.15, 0.2) is 12.4 Å². The van der Waals surface area contributed by atoms with Crippen molar-refractivity contribution in [2.24, 2.45) is 5.92 Å². The highest BCUT2D eigenvalue weighted by molar-refractivity contribution is 6.45. The maximum atomic E-state index is 13.6. The van der Waals surface area contributed by atoms with Crippen LogP contribution in [-0.4, -0.2) is 33.0 Å². The minimum Gasteiger partial charge on any atom is -0.858 e. The SMILES string of the molecule is CCCc1nn(-c2ccc(Cl)cc2)c([O-])c1C1=C([n+]2ccccc2)C(=O)N(CC(C)C)C1=O. The van der Waals surface area contributed by atoms with Crippen molar-refractivity contribution in [2.45, 2.75) is 33.6 Å². The normalized spacial score (nSPS) is 14.2. The molecule has 0 saturated heterocycles. The van der Waals surface area contributed by atoms with Crippen LogP contribution in [0.3, 0.4) is 0 Å². The van der Waals surface area contributed by atoms with E-state index in [0.717, 1.165) is 6.42 Å². The molecule has 0 fully saturated rings. The molecule has 0 bridgehead atoms. The summed E-state index contributed by atoms with van der Waals surface area (Å²) in [6, 6.07) is 12.1. The molecule has 1 aromatic carbocycles. The first-order valence-electron chi connectivity index (χ1n) is 11.0. The van der Waals surface area contributed by atoms with E-state index in [4.69, 9.17) is 11.6 Å². The second-order valence-corrected chi connectivity index (χ2v) is 8.82. The molecule has 0 aliphatic carbocycles. The highest BCUT2D eigenvalue weighted by Crippen LogP contribution is 2.37. The van der Waals surface area contributed by atoms with Gasteiger partial charge in [0.05, 0.1) is 11.4 Å². The van der Waals surface area contributed by atoms with E-state index >= 15 is 0 Å². The summed E-state index contributed by atoms with van der Waals surface area (Å²) in [6.45, 7) is 6.12. The van der Waals surface area contributed by atoms with Crippen LogP contribution >= 0.6 is 11.6 Å². The first kappa shape index (κ1) is 22.7. The topological polar surface area (TPSA) is 82.1 Å². The van der Waals surface area contributed by atoms with Crippen LogP contribution in [0.15, 0.2) is 54.9 Å². The van der Waals surface area contributed by atoms with Crippen LogP contribution in [0.5, 0.6) is 5.88 Å². The van der Waals surface area contributed by atoms with Crippen LogP contribution in [0, 0.1) is 5.92 Å². The number of aromatic nitrogens is 3. The highest BCUT2D eigenvalue weighted by Gasteiger charge is 2.46. The Morgan fingerprint density at radius 2 is 1.73 bits per heavy atom. The van der Waals surface area contributed by atoms with Crippen molar-refractivity contribution in [3.8, 4) is 11.6 Å². The maximum Gasteiger partial charge on any atom is 0.326 e. The number of hydrogen-bond acceptors (Lipinski definition) is 4. The van der Waals surface area contributed by atoms with Gasteiger partial charge in [0.1, 0.15) is 5.57 Å². The van der Waals surface area contributed by atoms with Gasteiger partial charge in [-0.15, -0.1) is 0 Å². The minimum atomic E-state index is -0.467. The number of imide groups is 1. The molecule has 1 aliphatic heterocycles. The zero-order valence-electron chi connectivity index (χ0n) is 18.8. The summed E-state index contributed by atoms with van der Waals surface area (Å²) >= 11 is 6.00. The van der Waals surface area contributed by atoms with Crippen LogP contribution < -0.4 is 9.67 Å². The number of benzene rings is 1. The van der Waals surface area contributed by atoms with Gasteiger partial charge in [-0.05, 0) is 42.5 Å². The molecule has 0 saturated carbocycles. The van der Waals surface area contributed by atoms with Crippen LogP contribution in [0.25, 0.3) is 17.0 Å². The van der Waals surface area contributed by atoms with Gasteiger partial charge in [-0.1, -0.05) is 44.9 Å². The average Bonchev–Trinajstić information content (AvgIpc) is 3.23. The third kappa shape index (κ3) is 4.16. The van der Waals surface area contributed by atoms with Crippen molar-refractivity contribution in [1.82, 2.24) is 14.7 Å². The van der Waals surface area contributed by atoms with Gasteiger partial charge in [0.2, 0.25) is 0 Å². The molecule has 33 heavy (non-hydrogen) atoms. The van der Waals surface area contributed by atoms with Crippen LogP contribution in [0.1, 0.15) is 38.4 Å². The predicted molar refractivity (Wildman–Crippen MR) is 123 cm³/mol. The third-order valence-electron chi connectivity index (χ3n) is 5.39. The van der Waals surface area contributed by atoms with Gasteiger partial charge in [-0.25, -0.2) is 4.68 Å². The van der Waals surface area contributed by atoms with E-state index in [2.05, 4.69) is 5.10 Å². The number of carbonyl (C=O) groups excluding carboxylic acids is 2. The lowest BCUT2D eigenvalue weighted by molar-refractivity contribution is -0.576. The molecule has 3 heterocycles. The molecule has 0 unspecified atom stereocenters. The van der Waals surface area contributed by atoms with Gasteiger partial charge in [0, 0.05) is 29.3 Å². The standard InChI is InChI=1S/C25H25ClN4O3/c1-4-8-19-20(24(32)30(27-19)18-11-9-17(26)10-12-18)21-22(28-13-6-5-7-14-28)25(33)29(23(21)31)15-16(2)3/h5-7,9-14,16H,4,8,15H2,1-3H3. The lowest BCUT2D eigenvalue weighted by atomic mass is 10.0. The van der Waals surface area contributed by atoms with Gasteiger partial charge in [-0.3, -0.25) is 14.5 Å². The first-order chi connectivity index (χ1) is 15.8. The van der Waals surface area contributed by atoms with E-state index in [-0.39, 0.29) is 29.3 Å². The van der Waals surface area contributed by atoms with E-state index in [1.807, 2.05) is 26.8 Å². The second-order valence-electron chi connectivity index (χ2n) is 8.39. The minimum absolute atomic E-state index is 0.0814. The summed E-state index contributed by atoms with van der Waals surface area (Å²) in [5, 5.41) is 18.7. The molecular weight excluding hydrogens is 440 g/mol. The number of hydrogen-bond donors (Lipinski definition) is 0. The van der Waals surface area contributed by atoms with E-state index in [9.17, 15) is 14.7 Å². The monoisotopic (exact) mass is 464 g/mol. The maximum absolute atomic E-state index is 13.6. The zero-order valence-corrected chi connectivity index (χ0v) is 19.5. The van der Waals surface area contributed by atoms with Gasteiger partial charge in [0.25, 0.3) is 11.6 Å². The quantitative estimate of drug-likeness (QED) is 0.397. The van der Waals surface area contributed by atoms with E-state index in [0.29, 0.717) is 22.8 Å². The fraction of sp³-hybridized carbons (Fsp3) is 0.280. The Morgan fingerprint density at radius 3 is 2.33 bits per heavy atom. The summed E-state index contributed by atoms with van der Waals surface area (Å²) in [5.74, 6) is -1.23. The Bertz CT molecular complexity index is 1230. The second kappa shape index (κ2) is 9.19. The van der Waals surface area contributed by atoms with Gasteiger partial charge < -0.3 is 5.11 Å². The molecule has 2 amide bonds. The van der Waals surface area contributed by atoms with Crippen molar-refractivity contribution in [1.29, 1.82) is 0 Å². The summed E-state index contributed by atoms with van der Waals surface area (Å²) in [7, 11) is 0. The van der Waals surface area contributed by atoms with Crippen LogP contribution in [0.2, 0.25) is 5.02 Å². The molecule has 4 rings (SSSR count).